The molecule has 2 N–H and O–H groups in total. The maximum atomic E-state index is 12.5. The summed E-state index contributed by atoms with van der Waals surface area (Å²) in [6.45, 7) is 3.46. The molecule has 1 amide bonds. The standard InChI is InChI=1S/C16H23N3O3S.ClH/c20-16(18-12-13-10-17-11-13)14-6-8-19(9-7-14)23(21,22)15-4-2-1-3-5-15;/h1-5,13-14,17H,6-12H2,(H,18,20);1H. The highest BCUT2D eigenvalue weighted by Crippen LogP contribution is 2.23. The third-order valence-corrected chi connectivity index (χ3v) is 6.55. The predicted octanol–water partition coefficient (Wildman–Crippen LogP) is 0.845. The second-order valence-electron chi connectivity index (χ2n) is 6.26. The van der Waals surface area contributed by atoms with Crippen LogP contribution in [0.25, 0.3) is 0 Å². The summed E-state index contributed by atoms with van der Waals surface area (Å²) in [5.74, 6) is 0.524. The fourth-order valence-corrected chi connectivity index (χ4v) is 4.47. The Balaban J connectivity index is 0.00000208. The molecule has 0 unspecified atom stereocenters. The van der Waals surface area contributed by atoms with Crippen molar-refractivity contribution in [3.05, 3.63) is 30.3 Å². The van der Waals surface area contributed by atoms with E-state index in [0.717, 1.165) is 13.1 Å². The van der Waals surface area contributed by atoms with Gasteiger partial charge in [0.15, 0.2) is 0 Å². The van der Waals surface area contributed by atoms with Crippen molar-refractivity contribution in [3.8, 4) is 0 Å². The first-order chi connectivity index (χ1) is 11.1. The SMILES string of the molecule is Cl.O=C(NCC1CNC1)C1CCN(S(=O)(=O)c2ccccc2)CC1. The molecule has 6 nitrogen and oxygen atoms in total. The zero-order chi connectivity index (χ0) is 16.3. The third kappa shape index (κ3) is 4.27. The molecule has 0 bridgehead atoms. The zero-order valence-electron chi connectivity index (χ0n) is 13.5. The van der Waals surface area contributed by atoms with Gasteiger partial charge >= 0.3 is 0 Å². The number of sulfonamides is 1. The molecule has 0 radical (unpaired) electrons. The molecule has 2 saturated heterocycles. The van der Waals surface area contributed by atoms with Gasteiger partial charge in [-0.05, 0) is 25.0 Å². The maximum absolute atomic E-state index is 12.5. The molecule has 2 fully saturated rings. The van der Waals surface area contributed by atoms with Crippen molar-refractivity contribution < 1.29 is 13.2 Å². The summed E-state index contributed by atoms with van der Waals surface area (Å²) < 4.78 is 26.6. The highest BCUT2D eigenvalue weighted by atomic mass is 35.5. The number of piperidine rings is 1. The first-order valence-electron chi connectivity index (χ1n) is 8.11. The highest BCUT2D eigenvalue weighted by Gasteiger charge is 2.32. The van der Waals surface area contributed by atoms with Crippen LogP contribution in [0.5, 0.6) is 0 Å². The Kier molecular flexibility index (Phi) is 6.62. The van der Waals surface area contributed by atoms with Crippen molar-refractivity contribution in [1.82, 2.24) is 14.9 Å². The third-order valence-electron chi connectivity index (χ3n) is 4.64. The van der Waals surface area contributed by atoms with Gasteiger partial charge in [-0.2, -0.15) is 4.31 Å². The van der Waals surface area contributed by atoms with Crippen LogP contribution in [0.3, 0.4) is 0 Å². The molecule has 134 valence electrons. The average molecular weight is 374 g/mol. The lowest BCUT2D eigenvalue weighted by atomic mass is 9.96. The monoisotopic (exact) mass is 373 g/mol. The molecule has 0 atom stereocenters. The number of hydrogen-bond donors (Lipinski definition) is 2. The van der Waals surface area contributed by atoms with E-state index >= 15 is 0 Å². The van der Waals surface area contributed by atoms with Crippen molar-refractivity contribution in [2.75, 3.05) is 32.7 Å². The molecule has 2 heterocycles. The number of amides is 1. The first-order valence-corrected chi connectivity index (χ1v) is 9.55. The Morgan fingerprint density at radius 1 is 1.17 bits per heavy atom. The summed E-state index contributed by atoms with van der Waals surface area (Å²) in [4.78, 5) is 12.5. The molecule has 8 heteroatoms. The Labute approximate surface area is 149 Å². The second-order valence-corrected chi connectivity index (χ2v) is 8.20. The van der Waals surface area contributed by atoms with Gasteiger partial charge < -0.3 is 10.6 Å². The molecule has 0 saturated carbocycles. The van der Waals surface area contributed by atoms with Crippen LogP contribution in [0.15, 0.2) is 35.2 Å². The summed E-state index contributed by atoms with van der Waals surface area (Å²) >= 11 is 0. The first kappa shape index (κ1) is 19.2. The largest absolute Gasteiger partial charge is 0.355 e. The average Bonchev–Trinajstić information content (AvgIpc) is 2.54. The van der Waals surface area contributed by atoms with Crippen LogP contribution >= 0.6 is 12.4 Å². The van der Waals surface area contributed by atoms with Crippen LogP contribution in [0.2, 0.25) is 0 Å². The lowest BCUT2D eigenvalue weighted by Gasteiger charge is -2.32. The number of nitrogens with one attached hydrogen (secondary N) is 2. The molecule has 0 spiro atoms. The highest BCUT2D eigenvalue weighted by molar-refractivity contribution is 7.89. The Morgan fingerprint density at radius 3 is 2.33 bits per heavy atom. The second kappa shape index (κ2) is 8.29. The number of halogens is 1. The van der Waals surface area contributed by atoms with Crippen LogP contribution < -0.4 is 10.6 Å². The summed E-state index contributed by atoms with van der Waals surface area (Å²) in [7, 11) is -3.44. The summed E-state index contributed by atoms with van der Waals surface area (Å²) in [5.41, 5.74) is 0. The number of carbonyl (C=O) groups excluding carboxylic acids is 1. The van der Waals surface area contributed by atoms with E-state index in [1.54, 1.807) is 30.3 Å². The molecule has 2 aliphatic rings. The van der Waals surface area contributed by atoms with Crippen LogP contribution in [0.4, 0.5) is 0 Å². The van der Waals surface area contributed by atoms with Crippen LogP contribution in [0, 0.1) is 11.8 Å². The van der Waals surface area contributed by atoms with Gasteiger partial charge in [-0.15, -0.1) is 12.4 Å². The van der Waals surface area contributed by atoms with Gasteiger partial charge in [0.25, 0.3) is 0 Å². The van der Waals surface area contributed by atoms with Crippen molar-refractivity contribution in [2.45, 2.75) is 17.7 Å². The van der Waals surface area contributed by atoms with E-state index in [2.05, 4.69) is 10.6 Å². The quantitative estimate of drug-likeness (QED) is 0.801. The van der Waals surface area contributed by atoms with E-state index < -0.39 is 10.0 Å². The molecule has 0 aromatic heterocycles. The minimum absolute atomic E-state index is 0. The van der Waals surface area contributed by atoms with E-state index in [9.17, 15) is 13.2 Å². The molecule has 3 rings (SSSR count). The zero-order valence-corrected chi connectivity index (χ0v) is 15.1. The van der Waals surface area contributed by atoms with E-state index in [4.69, 9.17) is 0 Å². The van der Waals surface area contributed by atoms with Gasteiger partial charge in [0.2, 0.25) is 15.9 Å². The molecule has 1 aromatic rings. The van der Waals surface area contributed by atoms with E-state index in [1.807, 2.05) is 0 Å². The fourth-order valence-electron chi connectivity index (χ4n) is 2.98. The molecule has 24 heavy (non-hydrogen) atoms. The minimum atomic E-state index is -3.44. The summed E-state index contributed by atoms with van der Waals surface area (Å²) in [5, 5.41) is 6.17. The van der Waals surface area contributed by atoms with E-state index in [-0.39, 0.29) is 24.2 Å². The number of rotatable bonds is 5. The summed E-state index contributed by atoms with van der Waals surface area (Å²) in [6.07, 6.45) is 1.17. The summed E-state index contributed by atoms with van der Waals surface area (Å²) in [6, 6.07) is 8.47. The van der Waals surface area contributed by atoms with Gasteiger partial charge in [0.1, 0.15) is 0 Å². The normalized spacial score (nSPS) is 20.0. The molecular weight excluding hydrogens is 350 g/mol. The lowest BCUT2D eigenvalue weighted by molar-refractivity contribution is -0.126. The number of hydrogen-bond acceptors (Lipinski definition) is 4. The Bertz CT molecular complexity index is 642. The van der Waals surface area contributed by atoms with E-state index in [0.29, 0.717) is 43.3 Å². The van der Waals surface area contributed by atoms with E-state index in [1.165, 1.54) is 4.31 Å². The number of carbonyl (C=O) groups is 1. The van der Waals surface area contributed by atoms with Gasteiger partial charge in [0, 0.05) is 44.6 Å². The van der Waals surface area contributed by atoms with Crippen molar-refractivity contribution in [1.29, 1.82) is 0 Å². The molecule has 0 aliphatic carbocycles. The van der Waals surface area contributed by atoms with Gasteiger partial charge in [-0.3, -0.25) is 4.79 Å². The Morgan fingerprint density at radius 2 is 1.79 bits per heavy atom. The van der Waals surface area contributed by atoms with Gasteiger partial charge in [0.05, 0.1) is 4.90 Å². The van der Waals surface area contributed by atoms with Crippen LogP contribution in [0.1, 0.15) is 12.8 Å². The minimum Gasteiger partial charge on any atom is -0.355 e. The van der Waals surface area contributed by atoms with Gasteiger partial charge in [-0.1, -0.05) is 18.2 Å². The lowest BCUT2D eigenvalue weighted by Crippen LogP contribution is -2.50. The molecule has 1 aromatic carbocycles. The number of nitrogens with zero attached hydrogens (tertiary/aromatic N) is 1. The number of benzene rings is 1. The molecule has 2 aliphatic heterocycles. The predicted molar refractivity (Wildman–Crippen MR) is 94.5 cm³/mol. The maximum Gasteiger partial charge on any atom is 0.243 e. The van der Waals surface area contributed by atoms with Crippen molar-refractivity contribution in [2.24, 2.45) is 11.8 Å². The fraction of sp³-hybridized carbons (Fsp3) is 0.562. The smallest absolute Gasteiger partial charge is 0.243 e. The van der Waals surface area contributed by atoms with Crippen LogP contribution in [-0.2, 0) is 14.8 Å². The molecular formula is C16H24ClN3O3S. The Hall–Kier alpha value is -1.15. The topological polar surface area (TPSA) is 78.5 Å². The van der Waals surface area contributed by atoms with Crippen molar-refractivity contribution in [3.63, 3.8) is 0 Å². The van der Waals surface area contributed by atoms with Gasteiger partial charge in [-0.25, -0.2) is 8.42 Å². The van der Waals surface area contributed by atoms with Crippen molar-refractivity contribution >= 4 is 28.3 Å². The van der Waals surface area contributed by atoms with Crippen LogP contribution in [-0.4, -0.2) is 51.4 Å².